The van der Waals surface area contributed by atoms with Crippen LogP contribution < -0.4 is 15.2 Å². The minimum absolute atomic E-state index is 0.0387. The molecule has 0 spiro atoms. The van der Waals surface area contributed by atoms with Crippen LogP contribution in [0.2, 0.25) is 0 Å². The van der Waals surface area contributed by atoms with E-state index in [1.54, 1.807) is 68.4 Å². The van der Waals surface area contributed by atoms with Crippen molar-refractivity contribution in [1.29, 1.82) is 0 Å². The normalized spacial score (nSPS) is 14.8. The molecule has 0 saturated carbocycles. The Morgan fingerprint density at radius 1 is 0.795 bits per heavy atom. The third-order valence-electron chi connectivity index (χ3n) is 5.63. The maximum absolute atomic E-state index is 12.7. The maximum atomic E-state index is 12.7. The second-order valence-electron chi connectivity index (χ2n) is 11.8. The van der Waals surface area contributed by atoms with Crippen LogP contribution in [0, 0.1) is 10.8 Å². The molecule has 1 aromatic carbocycles. The molecule has 0 aliphatic heterocycles. The fraction of sp³-hybridized carbons (Fsp3) is 0.655. The summed E-state index contributed by atoms with van der Waals surface area (Å²) in [6.45, 7) is 17.1. The largest absolute Gasteiger partial charge is 0.508 e. The first kappa shape index (κ1) is 33.9. The summed E-state index contributed by atoms with van der Waals surface area (Å²) in [5.74, 6) is -1.62. The Kier molecular flexibility index (Phi) is 12.4. The van der Waals surface area contributed by atoms with Gasteiger partial charge in [-0.3, -0.25) is 14.4 Å². The fourth-order valence-electron chi connectivity index (χ4n) is 2.96. The van der Waals surface area contributed by atoms with Crippen molar-refractivity contribution in [2.75, 3.05) is 0 Å². The molecule has 0 radical (unpaired) electrons. The van der Waals surface area contributed by atoms with E-state index in [4.69, 9.17) is 29.4 Å². The Labute approximate surface area is 231 Å². The van der Waals surface area contributed by atoms with Crippen LogP contribution in [-0.2, 0) is 35.0 Å². The summed E-state index contributed by atoms with van der Waals surface area (Å²) in [5.41, 5.74) is 5.06. The maximum Gasteiger partial charge on any atom is 0.508 e. The van der Waals surface area contributed by atoms with E-state index in [0.717, 1.165) is 6.42 Å². The number of benzene rings is 1. The second kappa shape index (κ2) is 14.3. The summed E-state index contributed by atoms with van der Waals surface area (Å²) in [4.78, 5) is 49.6. The van der Waals surface area contributed by atoms with Gasteiger partial charge in [0.25, 0.3) is 0 Å². The van der Waals surface area contributed by atoms with Gasteiger partial charge in [-0.05, 0) is 92.9 Å². The van der Waals surface area contributed by atoms with Crippen molar-refractivity contribution in [3.63, 3.8) is 0 Å². The van der Waals surface area contributed by atoms with Crippen molar-refractivity contribution in [2.45, 2.75) is 113 Å². The van der Waals surface area contributed by atoms with Gasteiger partial charge in [0, 0.05) is 0 Å². The number of carbonyl (C=O) groups is 4. The van der Waals surface area contributed by atoms with Crippen LogP contribution in [-0.4, -0.2) is 48.4 Å². The van der Waals surface area contributed by atoms with Crippen LogP contribution in [0.3, 0.4) is 0 Å². The number of hydrogen-bond donors (Lipinski definition) is 1. The number of hydrogen-bond acceptors (Lipinski definition) is 10. The second-order valence-corrected chi connectivity index (χ2v) is 11.8. The lowest BCUT2D eigenvalue weighted by molar-refractivity contribution is -0.155. The highest BCUT2D eigenvalue weighted by Gasteiger charge is 2.29. The van der Waals surface area contributed by atoms with E-state index in [1.807, 2.05) is 6.92 Å². The van der Waals surface area contributed by atoms with Gasteiger partial charge in [-0.15, -0.1) is 0 Å². The first-order chi connectivity index (χ1) is 17.8. The van der Waals surface area contributed by atoms with E-state index in [9.17, 15) is 19.2 Å². The highest BCUT2D eigenvalue weighted by atomic mass is 16.7. The molecule has 0 amide bonds. The lowest BCUT2D eigenvalue weighted by Gasteiger charge is -2.23. The zero-order chi connectivity index (χ0) is 30.1. The van der Waals surface area contributed by atoms with Gasteiger partial charge in [0.05, 0.1) is 10.8 Å². The van der Waals surface area contributed by atoms with Crippen LogP contribution in [0.1, 0.15) is 87.6 Å². The molecular weight excluding hydrogens is 506 g/mol. The smallest absolute Gasteiger partial charge is 0.458 e. The lowest BCUT2D eigenvalue weighted by Crippen LogP contribution is -2.39. The molecule has 1 aromatic rings. The number of esters is 3. The molecular formula is C29H45NO9. The Morgan fingerprint density at radius 2 is 1.31 bits per heavy atom. The number of rotatable bonds is 11. The quantitative estimate of drug-likeness (QED) is 0.291. The molecule has 10 heteroatoms. The molecule has 0 bridgehead atoms. The minimum atomic E-state index is -1.06. The monoisotopic (exact) mass is 551 g/mol. The van der Waals surface area contributed by atoms with Gasteiger partial charge < -0.3 is 29.4 Å². The van der Waals surface area contributed by atoms with Crippen LogP contribution in [0.4, 0.5) is 4.79 Å². The molecule has 0 heterocycles. The van der Waals surface area contributed by atoms with Gasteiger partial charge in [-0.2, -0.15) is 0 Å². The first-order valence-electron chi connectivity index (χ1n) is 13.3. The topological polar surface area (TPSA) is 140 Å². The Balaban J connectivity index is 2.93. The highest BCUT2D eigenvalue weighted by Crippen LogP contribution is 2.33. The zero-order valence-corrected chi connectivity index (χ0v) is 24.9. The van der Waals surface area contributed by atoms with Gasteiger partial charge in [0.15, 0.2) is 11.5 Å². The zero-order valence-electron chi connectivity index (χ0n) is 24.9. The van der Waals surface area contributed by atoms with E-state index in [-0.39, 0.29) is 24.0 Å². The van der Waals surface area contributed by atoms with Crippen molar-refractivity contribution in [2.24, 2.45) is 16.6 Å². The molecule has 4 atom stereocenters. The average molecular weight is 552 g/mol. The molecule has 2 N–H and O–H groups in total. The standard InChI is InChI=1S/C29H45NO9/c1-11-12-17(2)35-27(34)37-19(4)18(3)36-24(31)21(30)15-20-13-14-22(38-25(32)28(5,6)7)23(16-20)39-26(33)29(8,9)10/h13-14,16-19,21H,11-12,15,30H2,1-10H3/t17?,18-,19-,21-/m0/s1. The number of nitrogens with two attached hydrogens (primary N) is 1. The van der Waals surface area contributed by atoms with Crippen LogP contribution in [0.25, 0.3) is 0 Å². The van der Waals surface area contributed by atoms with Crippen molar-refractivity contribution in [3.05, 3.63) is 23.8 Å². The van der Waals surface area contributed by atoms with Gasteiger partial charge in [0.1, 0.15) is 24.4 Å². The van der Waals surface area contributed by atoms with Crippen molar-refractivity contribution in [3.8, 4) is 11.5 Å². The Hall–Kier alpha value is -3.14. The van der Waals surface area contributed by atoms with Crippen molar-refractivity contribution < 1.29 is 42.9 Å². The number of carbonyl (C=O) groups excluding carboxylic acids is 4. The van der Waals surface area contributed by atoms with E-state index < -0.39 is 53.1 Å². The SMILES string of the molecule is CCCC(C)OC(=O)O[C@@H](C)[C@H](C)OC(=O)[C@@H](N)Cc1ccc(OC(=O)C(C)(C)C)c(OC(=O)C(C)(C)C)c1. The molecule has 0 fully saturated rings. The molecule has 0 aromatic heterocycles. The van der Waals surface area contributed by atoms with Gasteiger partial charge in [-0.1, -0.05) is 19.4 Å². The summed E-state index contributed by atoms with van der Waals surface area (Å²) >= 11 is 0. The summed E-state index contributed by atoms with van der Waals surface area (Å²) < 4.78 is 26.8. The predicted octanol–water partition coefficient (Wildman–Crippen LogP) is 5.12. The molecule has 0 aliphatic carbocycles. The van der Waals surface area contributed by atoms with E-state index >= 15 is 0 Å². The molecule has 1 unspecified atom stereocenters. The summed E-state index contributed by atoms with van der Waals surface area (Å²) in [5, 5.41) is 0. The number of ether oxygens (including phenoxy) is 5. The average Bonchev–Trinajstić information content (AvgIpc) is 2.79. The van der Waals surface area contributed by atoms with E-state index in [0.29, 0.717) is 12.0 Å². The Bertz CT molecular complexity index is 1010. The Morgan fingerprint density at radius 3 is 1.82 bits per heavy atom. The highest BCUT2D eigenvalue weighted by molar-refractivity contribution is 5.81. The van der Waals surface area contributed by atoms with E-state index in [1.165, 1.54) is 12.1 Å². The molecule has 39 heavy (non-hydrogen) atoms. The molecule has 220 valence electrons. The van der Waals surface area contributed by atoms with Crippen LogP contribution in [0.5, 0.6) is 11.5 Å². The first-order valence-corrected chi connectivity index (χ1v) is 13.3. The van der Waals surface area contributed by atoms with Crippen molar-refractivity contribution in [1.82, 2.24) is 0 Å². The van der Waals surface area contributed by atoms with E-state index in [2.05, 4.69) is 0 Å². The van der Waals surface area contributed by atoms with Crippen LogP contribution in [0.15, 0.2) is 18.2 Å². The van der Waals surface area contributed by atoms with Gasteiger partial charge in [0.2, 0.25) is 0 Å². The fourth-order valence-corrected chi connectivity index (χ4v) is 2.96. The molecule has 10 nitrogen and oxygen atoms in total. The summed E-state index contributed by atoms with van der Waals surface area (Å²) in [7, 11) is 0. The third-order valence-corrected chi connectivity index (χ3v) is 5.63. The van der Waals surface area contributed by atoms with Gasteiger partial charge in [-0.25, -0.2) is 4.79 Å². The molecule has 0 saturated heterocycles. The predicted molar refractivity (Wildman–Crippen MR) is 145 cm³/mol. The third kappa shape index (κ3) is 11.6. The van der Waals surface area contributed by atoms with Gasteiger partial charge >= 0.3 is 24.1 Å². The minimum Gasteiger partial charge on any atom is -0.458 e. The molecule has 0 aliphatic rings. The lowest BCUT2D eigenvalue weighted by atomic mass is 9.97. The summed E-state index contributed by atoms with van der Waals surface area (Å²) in [6.07, 6.45) is -1.04. The van der Waals surface area contributed by atoms with Crippen molar-refractivity contribution >= 4 is 24.1 Å². The summed E-state index contributed by atoms with van der Waals surface area (Å²) in [6, 6.07) is 3.55. The molecule has 1 rings (SSSR count). The van der Waals surface area contributed by atoms with Crippen LogP contribution >= 0.6 is 0 Å².